The van der Waals surface area contributed by atoms with Crippen LogP contribution < -0.4 is 0 Å². The topological polar surface area (TPSA) is 56.5 Å². The Morgan fingerprint density at radius 1 is 0.469 bits per heavy atom. The summed E-state index contributed by atoms with van der Waals surface area (Å²) in [5.41, 5.74) is 12.2. The van der Waals surface area contributed by atoms with Crippen molar-refractivity contribution < 1.29 is 0 Å². The summed E-state index contributed by atoms with van der Waals surface area (Å²) < 4.78 is 2.42. The fourth-order valence-electron chi connectivity index (χ4n) is 6.84. The molecule has 232 valence electrons. The zero-order chi connectivity index (χ0) is 32.6. The number of para-hydroxylation sites is 1. The van der Waals surface area contributed by atoms with Crippen LogP contribution >= 0.6 is 0 Å². The lowest BCUT2D eigenvalue weighted by atomic mass is 10.0. The molecule has 5 heteroatoms. The molecule has 1 aliphatic carbocycles. The summed E-state index contributed by atoms with van der Waals surface area (Å²) in [5, 5.41) is 1.26. The van der Waals surface area contributed by atoms with E-state index < -0.39 is 0 Å². The zero-order valence-corrected chi connectivity index (χ0v) is 26.7. The molecule has 0 atom stereocenters. The Balaban J connectivity index is 1.26. The van der Waals surface area contributed by atoms with Gasteiger partial charge in [-0.15, -0.1) is 0 Å². The molecule has 0 saturated heterocycles. The second-order valence-corrected chi connectivity index (χ2v) is 12.3. The molecule has 49 heavy (non-hydrogen) atoms. The summed E-state index contributed by atoms with van der Waals surface area (Å²) in [7, 11) is 0. The van der Waals surface area contributed by atoms with Gasteiger partial charge in [0.2, 0.25) is 0 Å². The Bertz CT molecular complexity index is 2460. The molecule has 3 aromatic heterocycles. The molecule has 0 saturated carbocycles. The van der Waals surface area contributed by atoms with Gasteiger partial charge in [-0.05, 0) is 71.5 Å². The average Bonchev–Trinajstić information content (AvgIpc) is 3.53. The number of pyridine rings is 1. The van der Waals surface area contributed by atoms with Crippen molar-refractivity contribution in [2.45, 2.75) is 12.8 Å². The summed E-state index contributed by atoms with van der Waals surface area (Å²) in [6.45, 7) is 0. The van der Waals surface area contributed by atoms with Crippen LogP contribution in [0.25, 0.3) is 79.1 Å². The van der Waals surface area contributed by atoms with E-state index >= 15 is 0 Å². The van der Waals surface area contributed by atoms with Crippen molar-refractivity contribution in [2.24, 2.45) is 0 Å². The van der Waals surface area contributed by atoms with E-state index in [1.54, 1.807) is 0 Å². The van der Waals surface area contributed by atoms with Crippen LogP contribution in [0.15, 0.2) is 158 Å². The third kappa shape index (κ3) is 5.41. The number of fused-ring (bicyclic) bond motifs is 3. The molecular formula is C44H31N5. The summed E-state index contributed by atoms with van der Waals surface area (Å²) in [4.78, 5) is 19.6. The lowest BCUT2D eigenvalue weighted by Crippen LogP contribution is -2.05. The zero-order valence-electron chi connectivity index (χ0n) is 26.7. The van der Waals surface area contributed by atoms with Crippen molar-refractivity contribution >= 4 is 17.0 Å². The van der Waals surface area contributed by atoms with Gasteiger partial charge in [-0.1, -0.05) is 115 Å². The molecule has 0 N–H and O–H groups in total. The van der Waals surface area contributed by atoms with E-state index in [1.807, 2.05) is 48.8 Å². The Labute approximate surface area is 285 Å². The van der Waals surface area contributed by atoms with E-state index in [1.165, 1.54) is 27.7 Å². The van der Waals surface area contributed by atoms with Crippen LogP contribution in [0.3, 0.4) is 0 Å². The fraction of sp³-hybridized carbons (Fsp3) is 0.0455. The first-order chi connectivity index (χ1) is 24.3. The molecule has 0 radical (unpaired) electrons. The molecule has 0 aliphatic heterocycles. The molecule has 1 aliphatic rings. The van der Waals surface area contributed by atoms with Gasteiger partial charge in [0.05, 0.1) is 5.52 Å². The second kappa shape index (κ2) is 12.3. The first-order valence-electron chi connectivity index (χ1n) is 16.6. The van der Waals surface area contributed by atoms with Gasteiger partial charge < -0.3 is 4.57 Å². The van der Waals surface area contributed by atoms with Crippen molar-refractivity contribution in [3.8, 4) is 62.1 Å². The Morgan fingerprint density at radius 3 is 1.76 bits per heavy atom. The average molecular weight is 630 g/mol. The first-order valence-corrected chi connectivity index (χ1v) is 16.6. The van der Waals surface area contributed by atoms with Crippen LogP contribution in [0.4, 0.5) is 0 Å². The standard InChI is InChI=1S/C44H31N5/c1-3-11-30(12-4-1)31-19-21-34(22-20-31)43-46-42(33-13-5-2-6-14-33)47-44(48-43)36-27-35(32-23-25-45-26-24-32)28-37(29-36)49-40-17-9-7-15-38(40)39-16-8-10-18-41(39)49/h1-9,11-17,19-29H,10,18H2. The van der Waals surface area contributed by atoms with Crippen LogP contribution in [0.1, 0.15) is 17.7 Å². The minimum absolute atomic E-state index is 0.623. The van der Waals surface area contributed by atoms with Gasteiger partial charge in [-0.3, -0.25) is 4.98 Å². The predicted molar refractivity (Wildman–Crippen MR) is 199 cm³/mol. The quantitative estimate of drug-likeness (QED) is 0.184. The van der Waals surface area contributed by atoms with Gasteiger partial charge in [-0.25, -0.2) is 15.0 Å². The fourth-order valence-corrected chi connectivity index (χ4v) is 6.84. The SMILES string of the molecule is C1=Cc2c(n(-c3cc(-c4ccncc4)cc(-c4nc(-c5ccccc5)nc(-c5ccc(-c6ccccc6)cc5)n4)c3)c3ccccc23)CC1. The van der Waals surface area contributed by atoms with Gasteiger partial charge in [0.25, 0.3) is 0 Å². The maximum Gasteiger partial charge on any atom is 0.164 e. The summed E-state index contributed by atoms with van der Waals surface area (Å²) in [5.74, 6) is 1.89. The Hall–Kier alpha value is -6.46. The number of nitrogens with zero attached hydrogens (tertiary/aromatic N) is 5. The van der Waals surface area contributed by atoms with E-state index in [-0.39, 0.29) is 0 Å². The molecular weight excluding hydrogens is 599 g/mol. The normalized spacial score (nSPS) is 12.2. The maximum absolute atomic E-state index is 5.15. The molecule has 0 unspecified atom stereocenters. The maximum atomic E-state index is 5.15. The van der Waals surface area contributed by atoms with Crippen molar-refractivity contribution in [1.29, 1.82) is 0 Å². The van der Waals surface area contributed by atoms with Crippen molar-refractivity contribution in [3.05, 3.63) is 169 Å². The van der Waals surface area contributed by atoms with Gasteiger partial charge in [0, 0.05) is 51.4 Å². The molecule has 0 amide bonds. The van der Waals surface area contributed by atoms with Crippen molar-refractivity contribution in [3.63, 3.8) is 0 Å². The lowest BCUT2D eigenvalue weighted by Gasteiger charge is -2.17. The highest BCUT2D eigenvalue weighted by atomic mass is 15.0. The smallest absolute Gasteiger partial charge is 0.164 e. The van der Waals surface area contributed by atoms with Crippen LogP contribution in [0.2, 0.25) is 0 Å². The summed E-state index contributed by atoms with van der Waals surface area (Å²) >= 11 is 0. The minimum Gasteiger partial charge on any atom is -0.313 e. The Morgan fingerprint density at radius 2 is 1.02 bits per heavy atom. The molecule has 0 fully saturated rings. The molecule has 8 aromatic rings. The van der Waals surface area contributed by atoms with Gasteiger partial charge in [0.15, 0.2) is 17.5 Å². The monoisotopic (exact) mass is 629 g/mol. The number of hydrogen-bond donors (Lipinski definition) is 0. The molecule has 0 spiro atoms. The van der Waals surface area contributed by atoms with Crippen molar-refractivity contribution in [2.75, 3.05) is 0 Å². The minimum atomic E-state index is 0.623. The van der Waals surface area contributed by atoms with E-state index in [9.17, 15) is 0 Å². The largest absolute Gasteiger partial charge is 0.313 e. The van der Waals surface area contributed by atoms with Crippen LogP contribution in [-0.4, -0.2) is 24.5 Å². The predicted octanol–water partition coefficient (Wildman–Crippen LogP) is 10.5. The molecule has 5 aromatic carbocycles. The van der Waals surface area contributed by atoms with Gasteiger partial charge >= 0.3 is 0 Å². The summed E-state index contributed by atoms with van der Waals surface area (Å²) in [6, 6.07) is 48.5. The third-order valence-corrected chi connectivity index (χ3v) is 9.21. The highest BCUT2D eigenvalue weighted by Crippen LogP contribution is 2.37. The molecule has 9 rings (SSSR count). The highest BCUT2D eigenvalue weighted by molar-refractivity contribution is 5.94. The number of rotatable bonds is 6. The van der Waals surface area contributed by atoms with Crippen LogP contribution in [0.5, 0.6) is 0 Å². The third-order valence-electron chi connectivity index (χ3n) is 9.21. The molecule has 0 bridgehead atoms. The van der Waals surface area contributed by atoms with E-state index in [0.717, 1.165) is 51.9 Å². The first kappa shape index (κ1) is 28.7. The number of allylic oxidation sites excluding steroid dienone is 1. The Kier molecular flexibility index (Phi) is 7.21. The van der Waals surface area contributed by atoms with Gasteiger partial charge in [0.1, 0.15) is 0 Å². The lowest BCUT2D eigenvalue weighted by molar-refractivity contribution is 0.888. The van der Waals surface area contributed by atoms with Gasteiger partial charge in [-0.2, -0.15) is 0 Å². The van der Waals surface area contributed by atoms with Crippen molar-refractivity contribution in [1.82, 2.24) is 24.5 Å². The van der Waals surface area contributed by atoms with E-state index in [0.29, 0.717) is 17.5 Å². The van der Waals surface area contributed by atoms with E-state index in [2.05, 4.69) is 125 Å². The number of benzene rings is 5. The molecule has 5 nitrogen and oxygen atoms in total. The van der Waals surface area contributed by atoms with Crippen LogP contribution in [-0.2, 0) is 6.42 Å². The number of aromatic nitrogens is 5. The highest BCUT2D eigenvalue weighted by Gasteiger charge is 2.20. The van der Waals surface area contributed by atoms with Crippen LogP contribution in [0, 0.1) is 0 Å². The van der Waals surface area contributed by atoms with E-state index in [4.69, 9.17) is 15.0 Å². The number of hydrogen-bond acceptors (Lipinski definition) is 4. The summed E-state index contributed by atoms with van der Waals surface area (Å²) in [6.07, 6.45) is 10.2. The second-order valence-electron chi connectivity index (χ2n) is 12.3. The molecule has 3 heterocycles.